The quantitative estimate of drug-likeness (QED) is 0.505. The molecular formula is C9H16. The largest absolute Gasteiger partial charge is 0.133 e. The minimum absolute atomic E-state index is 0.669. The third kappa shape index (κ3) is 5.39. The second-order valence-electron chi connectivity index (χ2n) is 2.49. The van der Waals surface area contributed by atoms with Gasteiger partial charge in [-0.25, -0.2) is 0 Å². The van der Waals surface area contributed by atoms with Gasteiger partial charge in [0.2, 0.25) is 0 Å². The first kappa shape index (κ1) is 8.52. The number of hydrogen-bond acceptors (Lipinski definition) is 0. The normalized spacial score (nSPS) is 12.2. The molecule has 0 saturated heterocycles. The van der Waals surface area contributed by atoms with Gasteiger partial charge < -0.3 is 0 Å². The van der Waals surface area contributed by atoms with Crippen molar-refractivity contribution in [1.29, 1.82) is 0 Å². The Hall–Kier alpha value is -0.480. The van der Waals surface area contributed by atoms with Crippen LogP contribution in [0.1, 0.15) is 33.1 Å². The predicted octanol–water partition coefficient (Wildman–Crippen LogP) is 3.15. The molecule has 9 heavy (non-hydrogen) atoms. The van der Waals surface area contributed by atoms with Crippen LogP contribution in [0.5, 0.6) is 0 Å². The van der Waals surface area contributed by atoms with Gasteiger partial charge in [0.25, 0.3) is 0 Å². The predicted molar refractivity (Wildman–Crippen MR) is 42.4 cm³/mol. The average Bonchev–Trinajstić information content (AvgIpc) is 1.85. The van der Waals surface area contributed by atoms with Crippen LogP contribution in [0, 0.1) is 5.92 Å². The molecule has 0 rings (SSSR count). The summed E-state index contributed by atoms with van der Waals surface area (Å²) in [5, 5.41) is 0. The molecule has 0 aliphatic carbocycles. The Bertz CT molecular complexity index is 96.6. The maximum Gasteiger partial charge on any atom is -0.0186 e. The molecule has 0 fully saturated rings. The van der Waals surface area contributed by atoms with Crippen molar-refractivity contribution in [1.82, 2.24) is 0 Å². The molecule has 0 aromatic rings. The number of allylic oxidation sites excluding steroid dienone is 1. The Morgan fingerprint density at radius 1 is 1.67 bits per heavy atom. The van der Waals surface area contributed by atoms with E-state index in [2.05, 4.69) is 26.2 Å². The van der Waals surface area contributed by atoms with Gasteiger partial charge in [0.1, 0.15) is 0 Å². The highest BCUT2D eigenvalue weighted by Crippen LogP contribution is 2.07. The van der Waals surface area contributed by atoms with Gasteiger partial charge in [-0.2, -0.15) is 0 Å². The van der Waals surface area contributed by atoms with Crippen molar-refractivity contribution in [2.75, 3.05) is 0 Å². The lowest BCUT2D eigenvalue weighted by atomic mass is 10.1. The highest BCUT2D eigenvalue weighted by atomic mass is 14.0. The summed E-state index contributed by atoms with van der Waals surface area (Å²) in [5.41, 5.74) is 2.80. The van der Waals surface area contributed by atoms with Crippen molar-refractivity contribution in [3.63, 3.8) is 0 Å². The molecule has 0 aromatic heterocycles. The lowest BCUT2D eigenvalue weighted by Gasteiger charge is -2.00. The van der Waals surface area contributed by atoms with Crippen LogP contribution in [-0.2, 0) is 0 Å². The Balaban J connectivity index is 3.26. The Morgan fingerprint density at radius 2 is 2.33 bits per heavy atom. The highest BCUT2D eigenvalue weighted by molar-refractivity contribution is 4.81. The number of rotatable bonds is 4. The monoisotopic (exact) mass is 124 g/mol. The van der Waals surface area contributed by atoms with Crippen molar-refractivity contribution >= 4 is 0 Å². The lowest BCUT2D eigenvalue weighted by molar-refractivity contribution is 0.599. The molecule has 0 aliphatic rings. The van der Waals surface area contributed by atoms with E-state index in [1.54, 1.807) is 0 Å². The van der Waals surface area contributed by atoms with Crippen molar-refractivity contribution in [2.24, 2.45) is 5.92 Å². The van der Waals surface area contributed by atoms with E-state index in [9.17, 15) is 0 Å². The third-order valence-electron chi connectivity index (χ3n) is 1.42. The van der Waals surface area contributed by atoms with E-state index >= 15 is 0 Å². The highest BCUT2D eigenvalue weighted by Gasteiger charge is 1.92. The molecule has 0 bridgehead atoms. The Labute approximate surface area is 58.3 Å². The SMILES string of the molecule is C=C=CC(C)CCCC. The lowest BCUT2D eigenvalue weighted by Crippen LogP contribution is -1.86. The van der Waals surface area contributed by atoms with Gasteiger partial charge >= 0.3 is 0 Å². The van der Waals surface area contributed by atoms with Crippen LogP contribution >= 0.6 is 0 Å². The molecule has 1 atom stereocenters. The van der Waals surface area contributed by atoms with Gasteiger partial charge in [-0.15, -0.1) is 5.73 Å². The van der Waals surface area contributed by atoms with E-state index in [1.165, 1.54) is 19.3 Å². The Morgan fingerprint density at radius 3 is 2.78 bits per heavy atom. The molecular weight excluding hydrogens is 108 g/mol. The van der Waals surface area contributed by atoms with Gasteiger partial charge in [-0.3, -0.25) is 0 Å². The molecule has 0 heteroatoms. The van der Waals surface area contributed by atoms with Crippen LogP contribution in [0.2, 0.25) is 0 Å². The van der Waals surface area contributed by atoms with E-state index in [0.29, 0.717) is 5.92 Å². The first-order valence-electron chi connectivity index (χ1n) is 3.67. The minimum Gasteiger partial charge on any atom is -0.133 e. The van der Waals surface area contributed by atoms with Crippen LogP contribution < -0.4 is 0 Å². The first-order chi connectivity index (χ1) is 4.31. The summed E-state index contributed by atoms with van der Waals surface area (Å²) >= 11 is 0. The zero-order valence-corrected chi connectivity index (χ0v) is 6.48. The summed E-state index contributed by atoms with van der Waals surface area (Å²) in [5.74, 6) is 0.669. The number of hydrogen-bond donors (Lipinski definition) is 0. The van der Waals surface area contributed by atoms with Gasteiger partial charge in [-0.1, -0.05) is 33.3 Å². The molecule has 0 aromatic carbocycles. The van der Waals surface area contributed by atoms with E-state index in [0.717, 1.165) is 0 Å². The second kappa shape index (κ2) is 5.65. The number of unbranched alkanes of at least 4 members (excludes halogenated alkanes) is 1. The topological polar surface area (TPSA) is 0 Å². The summed E-state index contributed by atoms with van der Waals surface area (Å²) in [6.07, 6.45) is 5.92. The summed E-state index contributed by atoms with van der Waals surface area (Å²) in [4.78, 5) is 0. The van der Waals surface area contributed by atoms with E-state index in [1.807, 2.05) is 6.08 Å². The molecule has 0 amide bonds. The fourth-order valence-corrected chi connectivity index (χ4v) is 0.811. The van der Waals surface area contributed by atoms with Crippen molar-refractivity contribution in [3.05, 3.63) is 18.4 Å². The van der Waals surface area contributed by atoms with Gasteiger partial charge in [0.05, 0.1) is 0 Å². The van der Waals surface area contributed by atoms with Crippen molar-refractivity contribution in [3.8, 4) is 0 Å². The zero-order valence-electron chi connectivity index (χ0n) is 6.48. The smallest absolute Gasteiger partial charge is 0.0186 e. The molecule has 52 valence electrons. The first-order valence-corrected chi connectivity index (χ1v) is 3.67. The van der Waals surface area contributed by atoms with Crippen LogP contribution in [-0.4, -0.2) is 0 Å². The maximum atomic E-state index is 3.53. The van der Waals surface area contributed by atoms with Gasteiger partial charge in [0, 0.05) is 0 Å². The van der Waals surface area contributed by atoms with Crippen LogP contribution in [0.4, 0.5) is 0 Å². The molecule has 0 saturated carbocycles. The maximum absolute atomic E-state index is 3.53. The second-order valence-corrected chi connectivity index (χ2v) is 2.49. The molecule has 0 heterocycles. The summed E-state index contributed by atoms with van der Waals surface area (Å²) in [7, 11) is 0. The van der Waals surface area contributed by atoms with Gasteiger partial charge in [-0.05, 0) is 18.4 Å². The third-order valence-corrected chi connectivity index (χ3v) is 1.42. The van der Waals surface area contributed by atoms with Crippen molar-refractivity contribution < 1.29 is 0 Å². The van der Waals surface area contributed by atoms with E-state index in [4.69, 9.17) is 0 Å². The molecule has 0 spiro atoms. The zero-order chi connectivity index (χ0) is 7.11. The molecule has 0 N–H and O–H groups in total. The summed E-state index contributed by atoms with van der Waals surface area (Å²) < 4.78 is 0. The van der Waals surface area contributed by atoms with Crippen molar-refractivity contribution in [2.45, 2.75) is 33.1 Å². The standard InChI is InChI=1S/C9H16/c1-4-6-8-9(3)7-5-2/h7,9H,2,4,6,8H2,1,3H3. The molecule has 0 aliphatic heterocycles. The molecule has 0 radical (unpaired) electrons. The average molecular weight is 124 g/mol. The summed E-state index contributed by atoms with van der Waals surface area (Å²) in [6.45, 7) is 7.94. The summed E-state index contributed by atoms with van der Waals surface area (Å²) in [6, 6.07) is 0. The fourth-order valence-electron chi connectivity index (χ4n) is 0.811. The Kier molecular flexibility index (Phi) is 5.35. The van der Waals surface area contributed by atoms with Crippen LogP contribution in [0.15, 0.2) is 18.4 Å². The fraction of sp³-hybridized carbons (Fsp3) is 0.667. The van der Waals surface area contributed by atoms with Crippen LogP contribution in [0.25, 0.3) is 0 Å². The van der Waals surface area contributed by atoms with E-state index in [-0.39, 0.29) is 0 Å². The van der Waals surface area contributed by atoms with E-state index < -0.39 is 0 Å². The minimum atomic E-state index is 0.669. The van der Waals surface area contributed by atoms with Crippen LogP contribution in [0.3, 0.4) is 0 Å². The molecule has 1 unspecified atom stereocenters. The van der Waals surface area contributed by atoms with Gasteiger partial charge in [0.15, 0.2) is 0 Å². The molecule has 0 nitrogen and oxygen atoms in total.